The summed E-state index contributed by atoms with van der Waals surface area (Å²) in [6, 6.07) is 155. The van der Waals surface area contributed by atoms with Gasteiger partial charge in [0.25, 0.3) is 0 Å². The molecule has 2 aromatic heterocycles. The predicted octanol–water partition coefficient (Wildman–Crippen LogP) is 33.4. The lowest BCUT2D eigenvalue weighted by molar-refractivity contribution is 0.101. The molecule has 0 fully saturated rings. The minimum atomic E-state index is 0.0827. The van der Waals surface area contributed by atoms with Crippen molar-refractivity contribution in [2.24, 2.45) is 7.05 Å². The normalized spacial score (nSPS) is 11.4. The van der Waals surface area contributed by atoms with Gasteiger partial charge < -0.3 is 8.98 Å². The number of rotatable bonds is 7. The van der Waals surface area contributed by atoms with Crippen LogP contribution < -0.4 is 0 Å². The van der Waals surface area contributed by atoms with Crippen LogP contribution in [0.15, 0.2) is 459 Å². The van der Waals surface area contributed by atoms with E-state index in [4.69, 9.17) is 4.42 Å². The summed E-state index contributed by atoms with van der Waals surface area (Å²) in [6.45, 7) is 16.4. The van der Waals surface area contributed by atoms with Gasteiger partial charge in [-0.15, -0.1) is 0 Å². The van der Waals surface area contributed by atoms with E-state index in [2.05, 4.69) is 325 Å². The Kier molecular flexibility index (Phi) is 28.5. The fourth-order valence-electron chi connectivity index (χ4n) is 18.8. The number of ketones is 3. The van der Waals surface area contributed by atoms with Gasteiger partial charge in [-0.1, -0.05) is 430 Å². The number of hydrogen-bond donors (Lipinski definition) is 0. The van der Waals surface area contributed by atoms with Crippen LogP contribution >= 0.6 is 0 Å². The van der Waals surface area contributed by atoms with E-state index in [1.165, 1.54) is 144 Å². The van der Waals surface area contributed by atoms with Gasteiger partial charge in [0.05, 0.1) is 0 Å². The molecule has 658 valence electrons. The lowest BCUT2D eigenvalue weighted by Crippen LogP contribution is -2.00. The Morgan fingerprint density at radius 1 is 0.252 bits per heavy atom. The summed E-state index contributed by atoms with van der Waals surface area (Å²) < 4.78 is 7.97. The number of aromatic nitrogens is 1. The van der Waals surface area contributed by atoms with Crippen LogP contribution in [-0.2, 0) is 26.3 Å². The Morgan fingerprint density at radius 3 is 1.16 bits per heavy atom. The number of benzene rings is 19. The van der Waals surface area contributed by atoms with Gasteiger partial charge in [-0.05, 0) is 245 Å². The lowest BCUT2D eigenvalue weighted by Gasteiger charge is -2.09. The number of Topliss-reactive ketones (excluding diaryl/α,β-unsaturated/α-hetero) is 1. The molecule has 5 nitrogen and oxygen atoms in total. The van der Waals surface area contributed by atoms with Gasteiger partial charge in [-0.3, -0.25) is 14.4 Å². The highest BCUT2D eigenvalue weighted by atomic mass is 16.3. The molecule has 21 aromatic rings. The van der Waals surface area contributed by atoms with Crippen LogP contribution in [0.1, 0.15) is 140 Å². The van der Waals surface area contributed by atoms with Gasteiger partial charge in [0, 0.05) is 73.4 Å². The topological polar surface area (TPSA) is 69.3 Å². The van der Waals surface area contributed by atoms with Crippen LogP contribution in [-0.4, -0.2) is 21.9 Å². The predicted molar refractivity (Wildman–Crippen MR) is 566 cm³/mol. The van der Waals surface area contributed by atoms with E-state index in [1.807, 2.05) is 190 Å². The molecule has 25 rings (SSSR count). The first kappa shape index (κ1) is 90.7. The van der Waals surface area contributed by atoms with Crippen LogP contribution in [0.5, 0.6) is 0 Å². The van der Waals surface area contributed by atoms with Crippen molar-refractivity contribution < 1.29 is 18.8 Å². The number of nitrogens with zero attached hydrogens (tertiary/aromatic N) is 1. The molecule has 135 heavy (non-hydrogen) atoms. The minimum absolute atomic E-state index is 0.0827. The molecule has 0 atom stereocenters. The Morgan fingerprint density at radius 2 is 0.622 bits per heavy atom. The Balaban J connectivity index is 0.000000106. The molecule has 0 saturated heterocycles. The van der Waals surface area contributed by atoms with Gasteiger partial charge in [0.1, 0.15) is 11.2 Å². The second-order valence-electron chi connectivity index (χ2n) is 35.2. The molecule has 0 aliphatic heterocycles. The van der Waals surface area contributed by atoms with Crippen molar-refractivity contribution in [2.45, 2.75) is 80.6 Å². The first-order valence-corrected chi connectivity index (χ1v) is 46.5. The highest BCUT2D eigenvalue weighted by Crippen LogP contribution is 2.45. The van der Waals surface area contributed by atoms with E-state index in [0.29, 0.717) is 5.92 Å². The number of para-hydroxylation sites is 3. The lowest BCUT2D eigenvalue weighted by atomic mass is 9.95. The van der Waals surface area contributed by atoms with E-state index in [9.17, 15) is 14.4 Å². The summed E-state index contributed by atoms with van der Waals surface area (Å²) >= 11 is 0. The second-order valence-corrected chi connectivity index (χ2v) is 35.2. The molecule has 0 bridgehead atoms. The maximum atomic E-state index is 12.0. The van der Waals surface area contributed by atoms with Crippen LogP contribution in [0.2, 0.25) is 0 Å². The third-order valence-electron chi connectivity index (χ3n) is 25.6. The molecule has 0 N–H and O–H groups in total. The van der Waals surface area contributed by atoms with E-state index in [0.717, 1.165) is 91.6 Å². The first-order valence-electron chi connectivity index (χ1n) is 46.5. The highest BCUT2D eigenvalue weighted by molar-refractivity contribution is 6.11. The molecule has 19 aromatic carbocycles. The van der Waals surface area contributed by atoms with Gasteiger partial charge in [-0.25, -0.2) is 0 Å². The number of furan rings is 1. The highest BCUT2D eigenvalue weighted by Gasteiger charge is 2.25. The smallest absolute Gasteiger partial charge is 0.193 e. The molecule has 2 heterocycles. The van der Waals surface area contributed by atoms with Gasteiger partial charge >= 0.3 is 0 Å². The number of fused-ring (bicyclic) bond motifs is 18. The third kappa shape index (κ3) is 21.2. The standard InChI is InChI=1S/C20H16O.2C14H12O.4C14H12.C13H11N.C13H10O/c1-15(21)18-12-19(16-8-4-2-5-9-16)14-20(13-18)17-10-6-3-7-11-17;2*1-11-6-5-9-13(10-11)14(15)12-7-3-2-4-8-12;1-10-11-6-2-4-8-13(11)14-9-5-3-7-12(10)14;1-10-5-4-7-12-9-11-6-2-3-8-13(11)14(10)12;1-10-6-7-14-12(8-10)9-11-4-2-3-5-13(11)14;1-10-6-7-12-9-11-4-2-3-5-13(11)14(12)8-10;1-14-12-8-4-2-6-10(12)11-7-3-5-9-13(11)14;1-9-6-7-11-10-4-2-3-5-12(10)14-13(11)8-9/h2-14H,1H3;2*2-10H,1H3;2-10H,1H3;3*2-8H,9H2,1H3;2-9H,1H3;2-8H,1H3. The monoisotopic (exact) mass is 1750 g/mol. The number of aryl methyl sites for hydroxylation is 7. The molecule has 0 saturated carbocycles. The Labute approximate surface area is 794 Å². The van der Waals surface area contributed by atoms with Crippen LogP contribution in [0.25, 0.3) is 111 Å². The first-order chi connectivity index (χ1) is 65.9. The van der Waals surface area contributed by atoms with Crippen LogP contribution in [0.4, 0.5) is 0 Å². The molecule has 0 amide bonds. The van der Waals surface area contributed by atoms with Gasteiger partial charge in [-0.2, -0.15) is 0 Å². The number of carbonyl (C=O) groups is 3. The Bertz CT molecular complexity index is 7550. The summed E-state index contributed by atoms with van der Waals surface area (Å²) in [5.41, 5.74) is 43.4. The summed E-state index contributed by atoms with van der Waals surface area (Å²) in [5, 5.41) is 5.07. The quantitative estimate of drug-likeness (QED) is 0.149. The third-order valence-corrected chi connectivity index (χ3v) is 25.6. The summed E-state index contributed by atoms with van der Waals surface area (Å²) in [4.78, 5) is 35.8. The molecule has 4 aliphatic carbocycles. The zero-order valence-electron chi connectivity index (χ0n) is 78.1. The van der Waals surface area contributed by atoms with E-state index in [1.54, 1.807) is 6.92 Å². The maximum Gasteiger partial charge on any atom is 0.193 e. The van der Waals surface area contributed by atoms with Crippen molar-refractivity contribution in [1.82, 2.24) is 4.57 Å². The fraction of sp³-hybridized carbons (Fsp3) is 0.100. The second kappa shape index (κ2) is 42.3. The molecule has 0 spiro atoms. The van der Waals surface area contributed by atoms with E-state index < -0.39 is 0 Å². The average Bonchev–Trinajstić information content (AvgIpc) is 1.61. The molecule has 0 radical (unpaired) electrons. The van der Waals surface area contributed by atoms with Crippen molar-refractivity contribution in [3.63, 3.8) is 0 Å². The fourth-order valence-corrected chi connectivity index (χ4v) is 18.8. The van der Waals surface area contributed by atoms with Gasteiger partial charge in [0.2, 0.25) is 0 Å². The molecular formula is C130H109NO4. The molecule has 5 heteroatoms. The number of hydrogen-bond acceptors (Lipinski definition) is 4. The van der Waals surface area contributed by atoms with E-state index in [-0.39, 0.29) is 17.3 Å². The van der Waals surface area contributed by atoms with Crippen molar-refractivity contribution in [1.29, 1.82) is 0 Å². The summed E-state index contributed by atoms with van der Waals surface area (Å²) in [6.07, 6.45) is 3.31. The van der Waals surface area contributed by atoms with Crippen molar-refractivity contribution >= 4 is 61.1 Å². The largest absolute Gasteiger partial charge is 0.456 e. The Hall–Kier alpha value is -16.2. The van der Waals surface area contributed by atoms with Crippen LogP contribution in [0, 0.1) is 41.5 Å². The maximum absolute atomic E-state index is 12.0. The summed E-state index contributed by atoms with van der Waals surface area (Å²) in [7, 11) is 2.12. The minimum Gasteiger partial charge on any atom is -0.456 e. The van der Waals surface area contributed by atoms with E-state index >= 15 is 0 Å². The molecular weight excluding hydrogens is 1640 g/mol. The van der Waals surface area contributed by atoms with Gasteiger partial charge in [0.15, 0.2) is 17.3 Å². The molecule has 4 aliphatic rings. The zero-order valence-corrected chi connectivity index (χ0v) is 78.1. The average molecular weight is 1750 g/mol. The van der Waals surface area contributed by atoms with Crippen LogP contribution in [0.3, 0.4) is 0 Å². The van der Waals surface area contributed by atoms with Crippen molar-refractivity contribution in [2.75, 3.05) is 0 Å². The summed E-state index contributed by atoms with van der Waals surface area (Å²) in [5.74, 6) is 0.811. The zero-order chi connectivity index (χ0) is 93.3. The SMILES string of the molecule is CC(=O)c1cc(-c2ccccc2)cc(-c2ccccc2)c1.CC1c2ccccc2-c2ccccc21.Cc1ccc2c(c1)-c1ccccc1C2.Cc1ccc2c(c1)Cc1ccccc1-2.Cc1ccc2c(c1)oc1ccccc12.Cc1cccc(C(=O)c2ccccc2)c1.Cc1cccc(C(=O)c2ccccc2)c1.Cc1cccc2c1-c1ccccc1C2.Cn1c2ccccc2c2ccccc21. The number of carbonyl (C=O) groups excluding carboxylic acids is 3. The van der Waals surface area contributed by atoms with Crippen molar-refractivity contribution in [3.05, 3.63) is 561 Å². The van der Waals surface area contributed by atoms with Crippen molar-refractivity contribution in [3.8, 4) is 66.8 Å². The molecule has 0 unspecified atom stereocenters.